The Bertz CT molecular complexity index is 1000. The van der Waals surface area contributed by atoms with Crippen molar-refractivity contribution < 1.29 is 33.0 Å². The minimum Gasteiger partial charge on any atom is -0.494 e. The number of carbonyl (C=O) groups is 2. The fourth-order valence-electron chi connectivity index (χ4n) is 3.34. The fraction of sp³-hybridized carbons (Fsp3) is 0.368. The maximum absolute atomic E-state index is 12.8. The van der Waals surface area contributed by atoms with Gasteiger partial charge in [-0.05, 0) is 6.07 Å². The molecular formula is C19H19NO7S. The van der Waals surface area contributed by atoms with Crippen LogP contribution in [0.15, 0.2) is 16.5 Å². The van der Waals surface area contributed by atoms with Crippen LogP contribution in [0.4, 0.5) is 0 Å². The molecule has 9 heteroatoms. The Morgan fingerprint density at radius 3 is 2.39 bits per heavy atom. The van der Waals surface area contributed by atoms with Crippen LogP contribution >= 0.6 is 11.3 Å². The molecule has 1 aliphatic rings. The summed E-state index contributed by atoms with van der Waals surface area (Å²) in [4.78, 5) is 26.9. The predicted molar refractivity (Wildman–Crippen MR) is 103 cm³/mol. The number of hydrogen-bond acceptors (Lipinski definition) is 8. The number of hydrogen-bond donors (Lipinski definition) is 0. The molecule has 8 nitrogen and oxygen atoms in total. The SMILES string of the molecule is COC(=O)c1cc2c(OC)c3oc(C(=O)N4CCOCC4)cc3c(OC)c2s1. The van der Waals surface area contributed by atoms with Gasteiger partial charge in [-0.3, -0.25) is 4.79 Å². The Morgan fingerprint density at radius 2 is 1.75 bits per heavy atom. The van der Waals surface area contributed by atoms with E-state index in [0.717, 1.165) is 4.70 Å². The van der Waals surface area contributed by atoms with Crippen LogP contribution in [0.2, 0.25) is 0 Å². The molecule has 0 atom stereocenters. The zero-order chi connectivity index (χ0) is 19.8. The molecule has 1 aromatic carbocycles. The quantitative estimate of drug-likeness (QED) is 0.617. The van der Waals surface area contributed by atoms with Gasteiger partial charge in [0.25, 0.3) is 5.91 Å². The molecule has 0 saturated carbocycles. The smallest absolute Gasteiger partial charge is 0.348 e. The third kappa shape index (κ3) is 2.87. The Morgan fingerprint density at radius 1 is 1.04 bits per heavy atom. The molecule has 2 aromatic heterocycles. The van der Waals surface area contributed by atoms with Gasteiger partial charge in [-0.1, -0.05) is 0 Å². The summed E-state index contributed by atoms with van der Waals surface area (Å²) in [7, 11) is 4.38. The number of esters is 1. The standard InChI is InChI=1S/C19H19NO7S/c1-23-14-11-9-13(19(22)25-3)28-17(11)16(24-2)10-8-12(27-15(10)14)18(21)20-4-6-26-7-5-20/h8-9H,4-7H2,1-3H3. The van der Waals surface area contributed by atoms with E-state index in [1.165, 1.54) is 32.7 Å². The van der Waals surface area contributed by atoms with Crippen LogP contribution in [0.25, 0.3) is 21.1 Å². The van der Waals surface area contributed by atoms with Gasteiger partial charge >= 0.3 is 5.97 Å². The van der Waals surface area contributed by atoms with Crippen molar-refractivity contribution in [1.29, 1.82) is 0 Å². The minimum absolute atomic E-state index is 0.206. The van der Waals surface area contributed by atoms with Crippen LogP contribution in [0, 0.1) is 0 Å². The van der Waals surface area contributed by atoms with Crippen LogP contribution in [-0.4, -0.2) is 64.4 Å². The Hall–Kier alpha value is -2.78. The minimum atomic E-state index is -0.440. The topological polar surface area (TPSA) is 87.4 Å². The summed E-state index contributed by atoms with van der Waals surface area (Å²) in [5.74, 6) is 0.528. The van der Waals surface area contributed by atoms with Crippen molar-refractivity contribution in [2.75, 3.05) is 47.6 Å². The largest absolute Gasteiger partial charge is 0.494 e. The number of ether oxygens (including phenoxy) is 4. The van der Waals surface area contributed by atoms with Crippen molar-refractivity contribution in [1.82, 2.24) is 4.90 Å². The maximum Gasteiger partial charge on any atom is 0.348 e. The van der Waals surface area contributed by atoms with E-state index in [1.54, 1.807) is 17.0 Å². The third-order valence-electron chi connectivity index (χ3n) is 4.67. The van der Waals surface area contributed by atoms with Gasteiger partial charge in [0, 0.05) is 24.5 Å². The van der Waals surface area contributed by atoms with Crippen LogP contribution < -0.4 is 9.47 Å². The van der Waals surface area contributed by atoms with Crippen molar-refractivity contribution in [3.8, 4) is 11.5 Å². The predicted octanol–water partition coefficient (Wildman–Crippen LogP) is 2.92. The highest BCUT2D eigenvalue weighted by molar-refractivity contribution is 7.21. The summed E-state index contributed by atoms with van der Waals surface area (Å²) in [6.07, 6.45) is 0. The van der Waals surface area contributed by atoms with Crippen molar-refractivity contribution in [3.63, 3.8) is 0 Å². The van der Waals surface area contributed by atoms with Gasteiger partial charge in [-0.2, -0.15) is 0 Å². The molecule has 3 aromatic rings. The second kappa shape index (κ2) is 7.33. The van der Waals surface area contributed by atoms with Gasteiger partial charge in [0.05, 0.1) is 44.6 Å². The molecule has 0 radical (unpaired) electrons. The first kappa shape index (κ1) is 18.6. The van der Waals surface area contributed by atoms with Crippen LogP contribution in [-0.2, 0) is 9.47 Å². The Balaban J connectivity index is 1.90. The van der Waals surface area contributed by atoms with E-state index in [-0.39, 0.29) is 11.7 Å². The number of thiophene rings is 1. The number of morpholine rings is 1. The van der Waals surface area contributed by atoms with E-state index in [9.17, 15) is 9.59 Å². The molecule has 28 heavy (non-hydrogen) atoms. The first-order chi connectivity index (χ1) is 13.6. The monoisotopic (exact) mass is 405 g/mol. The van der Waals surface area contributed by atoms with Gasteiger partial charge in [0.2, 0.25) is 0 Å². The molecule has 0 bridgehead atoms. The zero-order valence-electron chi connectivity index (χ0n) is 15.7. The normalized spacial score (nSPS) is 14.5. The number of rotatable bonds is 4. The number of furan rings is 1. The lowest BCUT2D eigenvalue weighted by atomic mass is 10.1. The lowest BCUT2D eigenvalue weighted by Gasteiger charge is -2.25. The Kier molecular flexibility index (Phi) is 4.86. The first-order valence-electron chi connectivity index (χ1n) is 8.65. The van der Waals surface area contributed by atoms with E-state index >= 15 is 0 Å². The van der Waals surface area contributed by atoms with E-state index in [4.69, 9.17) is 23.4 Å². The highest BCUT2D eigenvalue weighted by atomic mass is 32.1. The fourth-order valence-corrected chi connectivity index (χ4v) is 4.45. The molecule has 4 rings (SSSR count). The summed E-state index contributed by atoms with van der Waals surface area (Å²) < 4.78 is 27.9. The summed E-state index contributed by atoms with van der Waals surface area (Å²) in [6, 6.07) is 3.34. The molecule has 0 aliphatic carbocycles. The highest BCUT2D eigenvalue weighted by Gasteiger charge is 2.27. The Labute approximate surface area is 164 Å². The van der Waals surface area contributed by atoms with E-state index < -0.39 is 5.97 Å². The van der Waals surface area contributed by atoms with Gasteiger partial charge in [0.1, 0.15) is 10.6 Å². The lowest BCUT2D eigenvalue weighted by molar-refractivity contribution is 0.0284. The number of amides is 1. The van der Waals surface area contributed by atoms with E-state index in [2.05, 4.69) is 0 Å². The number of methoxy groups -OCH3 is 3. The maximum atomic E-state index is 12.8. The van der Waals surface area contributed by atoms with Gasteiger partial charge in [-0.25, -0.2) is 4.79 Å². The number of nitrogens with zero attached hydrogens (tertiary/aromatic N) is 1. The van der Waals surface area contributed by atoms with Gasteiger partial charge < -0.3 is 28.3 Å². The van der Waals surface area contributed by atoms with Crippen molar-refractivity contribution in [2.24, 2.45) is 0 Å². The molecule has 148 valence electrons. The highest BCUT2D eigenvalue weighted by Crippen LogP contribution is 2.47. The third-order valence-corrected chi connectivity index (χ3v) is 5.78. The van der Waals surface area contributed by atoms with Crippen molar-refractivity contribution >= 4 is 44.3 Å². The second-order valence-electron chi connectivity index (χ2n) is 6.17. The lowest BCUT2D eigenvalue weighted by Crippen LogP contribution is -2.40. The molecule has 0 N–H and O–H groups in total. The number of benzene rings is 1. The molecule has 1 fully saturated rings. The molecular weight excluding hydrogens is 386 g/mol. The van der Waals surface area contributed by atoms with Crippen LogP contribution in [0.5, 0.6) is 11.5 Å². The zero-order valence-corrected chi connectivity index (χ0v) is 16.5. The molecule has 0 unspecified atom stereocenters. The van der Waals surface area contributed by atoms with Crippen LogP contribution in [0.3, 0.4) is 0 Å². The van der Waals surface area contributed by atoms with Gasteiger partial charge in [0.15, 0.2) is 17.1 Å². The second-order valence-corrected chi connectivity index (χ2v) is 7.22. The summed E-state index contributed by atoms with van der Waals surface area (Å²) >= 11 is 1.24. The molecule has 3 heterocycles. The van der Waals surface area contributed by atoms with Crippen molar-refractivity contribution in [2.45, 2.75) is 0 Å². The van der Waals surface area contributed by atoms with E-state index in [1.807, 2.05) is 0 Å². The van der Waals surface area contributed by atoms with Crippen LogP contribution in [0.1, 0.15) is 20.2 Å². The number of carbonyl (C=O) groups excluding carboxylic acids is 2. The molecule has 1 saturated heterocycles. The molecule has 1 aliphatic heterocycles. The summed E-state index contributed by atoms with van der Waals surface area (Å²) in [5.41, 5.74) is 0.401. The average molecular weight is 405 g/mol. The summed E-state index contributed by atoms with van der Waals surface area (Å²) in [5, 5.41) is 1.28. The van der Waals surface area contributed by atoms with Crippen molar-refractivity contribution in [3.05, 3.63) is 22.8 Å². The molecule has 1 amide bonds. The first-order valence-corrected chi connectivity index (χ1v) is 9.47. The van der Waals surface area contributed by atoms with Gasteiger partial charge in [-0.15, -0.1) is 11.3 Å². The summed E-state index contributed by atoms with van der Waals surface area (Å²) in [6.45, 7) is 2.04. The molecule has 0 spiro atoms. The number of fused-ring (bicyclic) bond motifs is 2. The average Bonchev–Trinajstić information content (AvgIpc) is 3.36. The van der Waals surface area contributed by atoms with E-state index in [0.29, 0.717) is 59.0 Å².